The predicted octanol–water partition coefficient (Wildman–Crippen LogP) is 9.39. The number of benzene rings is 5. The third-order valence-electron chi connectivity index (χ3n) is 10.3. The first-order chi connectivity index (χ1) is 23.1. The van der Waals surface area contributed by atoms with Gasteiger partial charge in [0.2, 0.25) is 6.34 Å². The molecule has 4 unspecified atom stereocenters. The van der Waals surface area contributed by atoms with E-state index in [4.69, 9.17) is 8.85 Å². The Morgan fingerprint density at radius 3 is 2.29 bits per heavy atom. The molecule has 2 aliphatic carbocycles. The molecular weight excluding hydrogens is 550 g/mol. The summed E-state index contributed by atoms with van der Waals surface area (Å²) in [6.07, 6.45) is 2.82. The molecule has 9 rings (SSSR count). The molecule has 0 amide bonds. The van der Waals surface area contributed by atoms with Gasteiger partial charge in [-0.1, -0.05) is 81.4 Å². The SMILES string of the molecule is [2H]C([2H])([2H])[N+]1=CN(c2cccc(Oc3ccc4c5ccccc5n(-c5cccc(C(C)(C)C)c5)c4c3)c2)C2C3CC(c4ccccc43)C21. The molecule has 45 heavy (non-hydrogen) atoms. The molecule has 1 aliphatic heterocycles. The molecule has 0 radical (unpaired) electrons. The maximum absolute atomic E-state index is 8.39. The first-order valence-corrected chi connectivity index (χ1v) is 16.0. The van der Waals surface area contributed by atoms with Gasteiger partial charge in [-0.05, 0) is 71.0 Å². The van der Waals surface area contributed by atoms with Crippen molar-refractivity contribution in [2.45, 2.75) is 56.5 Å². The number of rotatable bonds is 4. The van der Waals surface area contributed by atoms with Crippen LogP contribution in [0, 0.1) is 0 Å². The minimum atomic E-state index is -2.22. The molecule has 0 spiro atoms. The minimum absolute atomic E-state index is 0.0306. The summed E-state index contributed by atoms with van der Waals surface area (Å²) in [7, 11) is 0. The van der Waals surface area contributed by atoms with E-state index in [2.05, 4.69) is 121 Å². The van der Waals surface area contributed by atoms with Crippen LogP contribution in [-0.2, 0) is 5.41 Å². The van der Waals surface area contributed by atoms with Gasteiger partial charge in [0.15, 0.2) is 0 Å². The van der Waals surface area contributed by atoms with Crippen molar-refractivity contribution in [2.75, 3.05) is 11.9 Å². The average Bonchev–Trinajstić information content (AvgIpc) is 3.82. The van der Waals surface area contributed by atoms with Crippen LogP contribution >= 0.6 is 0 Å². The van der Waals surface area contributed by atoms with Gasteiger partial charge in [0, 0.05) is 40.4 Å². The Labute approximate surface area is 269 Å². The van der Waals surface area contributed by atoms with Crippen LogP contribution in [0.3, 0.4) is 0 Å². The Morgan fingerprint density at radius 1 is 0.711 bits per heavy atom. The number of likely N-dealkylation sites (N-methyl/N-ethyl adjacent to an activating group) is 1. The summed E-state index contributed by atoms with van der Waals surface area (Å²) in [5, 5.41) is 2.37. The molecule has 2 heterocycles. The second-order valence-electron chi connectivity index (χ2n) is 13.9. The largest absolute Gasteiger partial charge is 0.457 e. The predicted molar refractivity (Wildman–Crippen MR) is 185 cm³/mol. The fourth-order valence-electron chi connectivity index (χ4n) is 8.33. The molecule has 2 bridgehead atoms. The van der Waals surface area contributed by atoms with Crippen molar-refractivity contribution in [3.05, 3.63) is 132 Å². The van der Waals surface area contributed by atoms with Crippen molar-refractivity contribution in [2.24, 2.45) is 0 Å². The number of hydrogen-bond acceptors (Lipinski definition) is 2. The molecule has 0 saturated heterocycles. The van der Waals surface area contributed by atoms with Crippen LogP contribution in [0.15, 0.2) is 115 Å². The maximum Gasteiger partial charge on any atom is 0.239 e. The number of ether oxygens (including phenoxy) is 1. The summed E-state index contributed by atoms with van der Waals surface area (Å²) in [4.78, 5) is 2.19. The fraction of sp³-hybridized carbons (Fsp3) is 0.244. The van der Waals surface area contributed by atoms with Crippen molar-refractivity contribution in [1.82, 2.24) is 4.57 Å². The molecule has 1 saturated carbocycles. The molecule has 4 nitrogen and oxygen atoms in total. The van der Waals surface area contributed by atoms with Gasteiger partial charge in [-0.25, -0.2) is 4.90 Å². The average molecular weight is 592 g/mol. The standard InChI is InChI=1S/C41H38N3O/c1-41(2,3)26-11-9-13-28(21-26)44-37-18-8-7-17-33(37)34-20-19-30(23-38(34)44)45-29-14-10-12-27(22-29)43-25-42(4)39-35-24-36(40(39)43)32-16-6-5-15-31(32)35/h5-23,25,35-36,39-40H,24H2,1-4H3/q+1/i4D3. The zero-order valence-electron chi connectivity index (χ0n) is 28.8. The molecule has 222 valence electrons. The van der Waals surface area contributed by atoms with Crippen LogP contribution < -0.4 is 9.64 Å². The molecule has 3 aliphatic rings. The lowest BCUT2D eigenvalue weighted by atomic mass is 9.84. The van der Waals surface area contributed by atoms with Gasteiger partial charge in [0.1, 0.15) is 29.3 Å². The highest BCUT2D eigenvalue weighted by Crippen LogP contribution is 2.57. The zero-order chi connectivity index (χ0) is 32.9. The first kappa shape index (κ1) is 23.5. The van der Waals surface area contributed by atoms with Crippen LogP contribution in [0.5, 0.6) is 11.5 Å². The quantitative estimate of drug-likeness (QED) is 0.190. The summed E-state index contributed by atoms with van der Waals surface area (Å²) >= 11 is 0. The van der Waals surface area contributed by atoms with E-state index in [1.54, 1.807) is 4.58 Å². The zero-order valence-corrected chi connectivity index (χ0v) is 25.8. The summed E-state index contributed by atoms with van der Waals surface area (Å²) in [6.45, 7) is 4.52. The van der Waals surface area contributed by atoms with Crippen molar-refractivity contribution in [3.63, 3.8) is 0 Å². The van der Waals surface area contributed by atoms with Gasteiger partial charge in [-0.15, -0.1) is 0 Å². The Kier molecular flexibility index (Phi) is 5.01. The number of hydrogen-bond donors (Lipinski definition) is 0. The van der Waals surface area contributed by atoms with Crippen LogP contribution in [-0.4, -0.2) is 34.5 Å². The smallest absolute Gasteiger partial charge is 0.239 e. The lowest BCUT2D eigenvalue weighted by Crippen LogP contribution is -2.41. The van der Waals surface area contributed by atoms with Gasteiger partial charge in [-0.2, -0.15) is 0 Å². The van der Waals surface area contributed by atoms with Gasteiger partial charge in [0.25, 0.3) is 0 Å². The lowest BCUT2D eigenvalue weighted by molar-refractivity contribution is -0.528. The number of para-hydroxylation sites is 1. The van der Waals surface area contributed by atoms with E-state index < -0.39 is 6.98 Å². The highest BCUT2D eigenvalue weighted by Gasteiger charge is 2.60. The van der Waals surface area contributed by atoms with E-state index in [1.807, 2.05) is 30.6 Å². The monoisotopic (exact) mass is 591 g/mol. The van der Waals surface area contributed by atoms with Gasteiger partial charge in [-0.3, -0.25) is 4.58 Å². The molecule has 1 fully saturated rings. The van der Waals surface area contributed by atoms with Crippen LogP contribution in [0.2, 0.25) is 0 Å². The number of anilines is 1. The van der Waals surface area contributed by atoms with Crippen molar-refractivity contribution in [1.29, 1.82) is 0 Å². The second kappa shape index (κ2) is 9.58. The number of fused-ring (bicyclic) bond motifs is 11. The minimum Gasteiger partial charge on any atom is -0.457 e. The third-order valence-corrected chi connectivity index (χ3v) is 10.3. The van der Waals surface area contributed by atoms with Crippen LogP contribution in [0.25, 0.3) is 27.5 Å². The Hall–Kier alpha value is -4.83. The molecule has 5 aromatic carbocycles. The summed E-state index contributed by atoms with van der Waals surface area (Å²) in [6, 6.07) is 40.3. The summed E-state index contributed by atoms with van der Waals surface area (Å²) < 4.78 is 35.7. The van der Waals surface area contributed by atoms with Gasteiger partial charge >= 0.3 is 0 Å². The third kappa shape index (κ3) is 4.01. The molecule has 4 atom stereocenters. The fourth-order valence-corrected chi connectivity index (χ4v) is 8.33. The molecule has 1 aromatic heterocycles. The topological polar surface area (TPSA) is 20.4 Å². The van der Waals surface area contributed by atoms with E-state index in [9.17, 15) is 0 Å². The van der Waals surface area contributed by atoms with E-state index in [0.29, 0.717) is 5.75 Å². The molecule has 4 heteroatoms. The highest BCUT2D eigenvalue weighted by atomic mass is 16.5. The van der Waals surface area contributed by atoms with E-state index in [1.165, 1.54) is 27.5 Å². The van der Waals surface area contributed by atoms with Crippen molar-refractivity contribution < 1.29 is 13.4 Å². The van der Waals surface area contributed by atoms with E-state index in [0.717, 1.165) is 34.6 Å². The van der Waals surface area contributed by atoms with E-state index >= 15 is 0 Å². The van der Waals surface area contributed by atoms with Crippen molar-refractivity contribution >= 4 is 33.8 Å². The lowest BCUT2D eigenvalue weighted by Gasteiger charge is -2.28. The summed E-state index contributed by atoms with van der Waals surface area (Å²) in [5.74, 6) is 1.95. The first-order valence-electron chi connectivity index (χ1n) is 17.5. The Balaban J connectivity index is 1.10. The highest BCUT2D eigenvalue weighted by molar-refractivity contribution is 6.09. The molecular formula is C41H38N3O+. The van der Waals surface area contributed by atoms with Crippen LogP contribution in [0.1, 0.15) is 59.8 Å². The van der Waals surface area contributed by atoms with Gasteiger partial charge < -0.3 is 9.30 Å². The normalized spacial score (nSPS) is 23.0. The molecule has 6 aromatic rings. The Bertz CT molecular complexity index is 2280. The maximum atomic E-state index is 8.39. The number of nitrogens with zero attached hydrogens (tertiary/aromatic N) is 3. The number of aromatic nitrogens is 1. The van der Waals surface area contributed by atoms with Crippen LogP contribution in [0.4, 0.5) is 5.69 Å². The Morgan fingerprint density at radius 2 is 1.44 bits per heavy atom. The van der Waals surface area contributed by atoms with E-state index in [-0.39, 0.29) is 29.3 Å². The van der Waals surface area contributed by atoms with Crippen molar-refractivity contribution in [3.8, 4) is 17.2 Å². The molecule has 0 N–H and O–H groups in total. The summed E-state index contributed by atoms with van der Waals surface area (Å²) in [5.41, 5.74) is 8.28. The van der Waals surface area contributed by atoms with Gasteiger partial charge in [0.05, 0.1) is 22.1 Å². The second-order valence-corrected chi connectivity index (χ2v) is 13.9.